The minimum absolute atomic E-state index is 0.0404. The second-order valence-corrected chi connectivity index (χ2v) is 8.22. The third-order valence-electron chi connectivity index (χ3n) is 5.98. The van der Waals surface area contributed by atoms with E-state index in [-0.39, 0.29) is 19.6 Å². The SMILES string of the molecule is CCOC(=O)NN(C(=O)OCC)[C@@]1(Cc2ccc3ccccc3c2)C(=O)N(c2ccccc2)N=C1C. The number of rotatable bonds is 6. The minimum atomic E-state index is -1.70. The highest BCUT2D eigenvalue weighted by molar-refractivity contribution is 6.23. The van der Waals surface area contributed by atoms with Crippen molar-refractivity contribution in [3.05, 3.63) is 78.4 Å². The van der Waals surface area contributed by atoms with Gasteiger partial charge in [-0.15, -0.1) is 0 Å². The molecular weight excluding hydrogens is 460 g/mol. The lowest BCUT2D eigenvalue weighted by atomic mass is 9.85. The van der Waals surface area contributed by atoms with E-state index in [4.69, 9.17) is 9.47 Å². The van der Waals surface area contributed by atoms with Crippen LogP contribution in [-0.2, 0) is 20.7 Å². The van der Waals surface area contributed by atoms with Gasteiger partial charge in [-0.1, -0.05) is 60.7 Å². The second-order valence-electron chi connectivity index (χ2n) is 8.22. The van der Waals surface area contributed by atoms with Crippen LogP contribution in [0.2, 0.25) is 0 Å². The molecule has 0 aliphatic carbocycles. The van der Waals surface area contributed by atoms with Crippen molar-refractivity contribution in [1.29, 1.82) is 0 Å². The van der Waals surface area contributed by atoms with Gasteiger partial charge in [-0.2, -0.15) is 15.1 Å². The zero-order valence-corrected chi connectivity index (χ0v) is 20.4. The maximum absolute atomic E-state index is 14.2. The summed E-state index contributed by atoms with van der Waals surface area (Å²) in [6, 6.07) is 22.5. The van der Waals surface area contributed by atoms with Crippen LogP contribution in [0.15, 0.2) is 77.9 Å². The predicted octanol–water partition coefficient (Wildman–Crippen LogP) is 4.66. The first-order valence-corrected chi connectivity index (χ1v) is 11.7. The van der Waals surface area contributed by atoms with Crippen molar-refractivity contribution >= 4 is 40.3 Å². The van der Waals surface area contributed by atoms with E-state index in [1.165, 1.54) is 5.01 Å². The Hall–Kier alpha value is -4.40. The Morgan fingerprint density at radius 2 is 1.61 bits per heavy atom. The number of hydrogen-bond donors (Lipinski definition) is 1. The van der Waals surface area contributed by atoms with Gasteiger partial charge in [0.15, 0.2) is 5.54 Å². The summed E-state index contributed by atoms with van der Waals surface area (Å²) in [5.41, 5.74) is 2.36. The zero-order valence-electron chi connectivity index (χ0n) is 20.4. The van der Waals surface area contributed by atoms with Gasteiger partial charge in [-0.05, 0) is 49.2 Å². The van der Waals surface area contributed by atoms with Crippen LogP contribution in [0.5, 0.6) is 0 Å². The third-order valence-corrected chi connectivity index (χ3v) is 5.98. The monoisotopic (exact) mass is 488 g/mol. The lowest BCUT2D eigenvalue weighted by Gasteiger charge is -2.38. The fourth-order valence-corrected chi connectivity index (χ4v) is 4.28. The molecule has 3 aromatic carbocycles. The summed E-state index contributed by atoms with van der Waals surface area (Å²) >= 11 is 0. The van der Waals surface area contributed by atoms with Crippen molar-refractivity contribution in [3.8, 4) is 0 Å². The maximum Gasteiger partial charge on any atom is 0.430 e. The first kappa shape index (κ1) is 24.7. The Labute approximate surface area is 209 Å². The summed E-state index contributed by atoms with van der Waals surface area (Å²) in [4.78, 5) is 39.9. The number of hydrogen-bond acceptors (Lipinski definition) is 6. The van der Waals surface area contributed by atoms with Gasteiger partial charge in [0, 0.05) is 6.42 Å². The van der Waals surface area contributed by atoms with Gasteiger partial charge in [0.1, 0.15) is 0 Å². The molecule has 0 saturated heterocycles. The normalized spacial score (nSPS) is 17.0. The van der Waals surface area contributed by atoms with E-state index in [0.717, 1.165) is 21.3 Å². The van der Waals surface area contributed by atoms with E-state index >= 15 is 0 Å². The average molecular weight is 489 g/mol. The highest BCUT2D eigenvalue weighted by Crippen LogP contribution is 2.34. The number of amides is 3. The molecular formula is C27H28N4O5. The van der Waals surface area contributed by atoms with Crippen molar-refractivity contribution in [2.75, 3.05) is 18.2 Å². The van der Waals surface area contributed by atoms with Crippen LogP contribution in [-0.4, -0.2) is 47.6 Å². The number of anilines is 1. The predicted molar refractivity (Wildman–Crippen MR) is 136 cm³/mol. The molecule has 1 aliphatic heterocycles. The standard InChI is InChI=1S/C27H28N4O5/c1-4-35-25(33)29-31(26(34)36-5-2)27(18-20-15-16-21-11-9-10-12-22(21)17-20)19(3)28-30(24(27)32)23-13-7-6-8-14-23/h6-17H,4-5,18H2,1-3H3,(H,29,33)/t27-/m1/s1. The number of nitrogens with one attached hydrogen (secondary N) is 1. The number of para-hydroxylation sites is 1. The Morgan fingerprint density at radius 3 is 2.31 bits per heavy atom. The summed E-state index contributed by atoms with van der Waals surface area (Å²) in [6.07, 6.45) is -1.74. The molecule has 0 unspecified atom stereocenters. The number of ether oxygens (including phenoxy) is 2. The fraction of sp³-hybridized carbons (Fsp3) is 0.259. The minimum Gasteiger partial charge on any atom is -0.449 e. The van der Waals surface area contributed by atoms with Crippen molar-refractivity contribution in [1.82, 2.24) is 10.4 Å². The Morgan fingerprint density at radius 1 is 0.944 bits per heavy atom. The molecule has 3 amide bonds. The molecule has 1 atom stereocenters. The molecule has 0 saturated carbocycles. The summed E-state index contributed by atoms with van der Waals surface area (Å²) in [6.45, 7) is 5.06. The van der Waals surface area contributed by atoms with Gasteiger partial charge in [-0.25, -0.2) is 15.0 Å². The van der Waals surface area contributed by atoms with Crippen molar-refractivity contribution in [2.45, 2.75) is 32.7 Å². The molecule has 0 bridgehead atoms. The van der Waals surface area contributed by atoms with E-state index in [0.29, 0.717) is 11.4 Å². The summed E-state index contributed by atoms with van der Waals surface area (Å²) in [5.74, 6) is -0.510. The molecule has 1 heterocycles. The molecule has 0 radical (unpaired) electrons. The molecule has 1 N–H and O–H groups in total. The van der Waals surface area contributed by atoms with E-state index in [9.17, 15) is 14.4 Å². The van der Waals surface area contributed by atoms with Gasteiger partial charge in [0.2, 0.25) is 0 Å². The number of nitrogens with zero attached hydrogens (tertiary/aromatic N) is 3. The largest absolute Gasteiger partial charge is 0.449 e. The van der Waals surface area contributed by atoms with Crippen molar-refractivity contribution in [2.24, 2.45) is 5.10 Å². The molecule has 9 heteroatoms. The highest BCUT2D eigenvalue weighted by Gasteiger charge is 2.57. The third kappa shape index (κ3) is 4.59. The van der Waals surface area contributed by atoms with Gasteiger partial charge in [0.05, 0.1) is 24.6 Å². The topological polar surface area (TPSA) is 101 Å². The summed E-state index contributed by atoms with van der Waals surface area (Å²) in [7, 11) is 0. The van der Waals surface area contributed by atoms with Crippen molar-refractivity contribution in [3.63, 3.8) is 0 Å². The molecule has 9 nitrogen and oxygen atoms in total. The number of hydrazone groups is 1. The smallest absolute Gasteiger partial charge is 0.430 e. The zero-order chi connectivity index (χ0) is 25.7. The molecule has 0 spiro atoms. The summed E-state index contributed by atoms with van der Waals surface area (Å²) < 4.78 is 10.3. The van der Waals surface area contributed by atoms with Crippen LogP contribution in [0.3, 0.4) is 0 Å². The maximum atomic E-state index is 14.2. The second kappa shape index (κ2) is 10.5. The first-order chi connectivity index (χ1) is 17.4. The summed E-state index contributed by atoms with van der Waals surface area (Å²) in [5, 5.41) is 8.70. The van der Waals surface area contributed by atoms with Crippen LogP contribution >= 0.6 is 0 Å². The van der Waals surface area contributed by atoms with Crippen LogP contribution in [0.1, 0.15) is 26.3 Å². The average Bonchev–Trinajstić information content (AvgIpc) is 3.13. The van der Waals surface area contributed by atoms with Gasteiger partial charge in [0.25, 0.3) is 5.91 Å². The van der Waals surface area contributed by atoms with Gasteiger partial charge < -0.3 is 9.47 Å². The lowest BCUT2D eigenvalue weighted by molar-refractivity contribution is -0.126. The van der Waals surface area contributed by atoms with Crippen LogP contribution in [0, 0.1) is 0 Å². The number of carbonyl (C=O) groups excluding carboxylic acids is 3. The molecule has 186 valence electrons. The molecule has 0 aromatic heterocycles. The van der Waals surface area contributed by atoms with Crippen LogP contribution < -0.4 is 10.4 Å². The van der Waals surface area contributed by atoms with Crippen LogP contribution in [0.4, 0.5) is 15.3 Å². The Kier molecular flexibility index (Phi) is 7.19. The Bertz CT molecular complexity index is 1310. The quantitative estimate of drug-likeness (QED) is 0.509. The van der Waals surface area contributed by atoms with Gasteiger partial charge in [-0.3, -0.25) is 4.79 Å². The van der Waals surface area contributed by atoms with Gasteiger partial charge >= 0.3 is 12.2 Å². The number of fused-ring (bicyclic) bond motifs is 1. The van der Waals surface area contributed by atoms with Crippen LogP contribution in [0.25, 0.3) is 10.8 Å². The van der Waals surface area contributed by atoms with E-state index < -0.39 is 23.6 Å². The Balaban J connectivity index is 1.85. The first-order valence-electron chi connectivity index (χ1n) is 11.7. The number of benzene rings is 3. The molecule has 36 heavy (non-hydrogen) atoms. The van der Waals surface area contributed by atoms with E-state index in [2.05, 4.69) is 10.5 Å². The fourth-order valence-electron chi connectivity index (χ4n) is 4.28. The number of hydrazine groups is 1. The van der Waals surface area contributed by atoms with E-state index in [1.807, 2.05) is 48.5 Å². The molecule has 1 aliphatic rings. The van der Waals surface area contributed by atoms with Crippen molar-refractivity contribution < 1.29 is 23.9 Å². The molecule has 4 rings (SSSR count). The molecule has 3 aromatic rings. The lowest BCUT2D eigenvalue weighted by Crippen LogP contribution is -2.68. The number of carbonyl (C=O) groups is 3. The highest BCUT2D eigenvalue weighted by atomic mass is 16.6. The van der Waals surface area contributed by atoms with E-state index in [1.54, 1.807) is 45.0 Å². The molecule has 0 fully saturated rings.